The van der Waals surface area contributed by atoms with Gasteiger partial charge in [-0.05, 0) is 43.2 Å². The molecule has 5 nitrogen and oxygen atoms in total. The van der Waals surface area contributed by atoms with E-state index in [9.17, 15) is 13.2 Å². The maximum Gasteiger partial charge on any atom is 0.227 e. The number of hydrogen-bond donors (Lipinski definition) is 1. The summed E-state index contributed by atoms with van der Waals surface area (Å²) in [5.41, 5.74) is 0.703. The molecule has 2 saturated carbocycles. The number of carbonyl (C=O) groups is 1. The summed E-state index contributed by atoms with van der Waals surface area (Å²) >= 11 is 0. The van der Waals surface area contributed by atoms with Crippen molar-refractivity contribution in [2.75, 3.05) is 23.9 Å². The molecule has 0 saturated heterocycles. The van der Waals surface area contributed by atoms with Crippen LogP contribution in [-0.2, 0) is 14.6 Å². The van der Waals surface area contributed by atoms with Crippen molar-refractivity contribution in [3.63, 3.8) is 0 Å². The number of benzene rings is 1. The minimum absolute atomic E-state index is 0.0191. The Labute approximate surface area is 137 Å². The molecule has 0 aliphatic heterocycles. The van der Waals surface area contributed by atoms with Crippen LogP contribution in [0.4, 0.5) is 5.69 Å². The number of anilines is 1. The fraction of sp³-hybridized carbons (Fsp3) is 0.588. The summed E-state index contributed by atoms with van der Waals surface area (Å²) in [6.45, 7) is 0.114. The van der Waals surface area contributed by atoms with Crippen LogP contribution in [-0.4, -0.2) is 32.9 Å². The lowest BCUT2D eigenvalue weighted by molar-refractivity contribution is -0.121. The van der Waals surface area contributed by atoms with Gasteiger partial charge in [0.1, 0.15) is 12.4 Å². The summed E-state index contributed by atoms with van der Waals surface area (Å²) in [6.07, 6.45) is 5.85. The Balaban J connectivity index is 1.56. The van der Waals surface area contributed by atoms with Crippen LogP contribution in [0.2, 0.25) is 0 Å². The Hall–Kier alpha value is -1.56. The van der Waals surface area contributed by atoms with Crippen molar-refractivity contribution in [2.24, 2.45) is 17.8 Å². The maximum absolute atomic E-state index is 12.4. The van der Waals surface area contributed by atoms with Crippen molar-refractivity contribution >= 4 is 21.4 Å². The van der Waals surface area contributed by atoms with E-state index in [4.69, 9.17) is 4.74 Å². The van der Waals surface area contributed by atoms with Gasteiger partial charge in [-0.25, -0.2) is 8.42 Å². The summed E-state index contributed by atoms with van der Waals surface area (Å²) in [5, 5.41) is 2.98. The van der Waals surface area contributed by atoms with Gasteiger partial charge in [-0.1, -0.05) is 12.5 Å². The van der Waals surface area contributed by atoms with Crippen LogP contribution in [0.25, 0.3) is 0 Å². The second-order valence-corrected chi connectivity index (χ2v) is 9.04. The molecule has 126 valence electrons. The van der Waals surface area contributed by atoms with Gasteiger partial charge >= 0.3 is 0 Å². The minimum atomic E-state index is -3.03. The summed E-state index contributed by atoms with van der Waals surface area (Å²) in [5.74, 6) is 2.08. The summed E-state index contributed by atoms with van der Waals surface area (Å²) in [6, 6.07) is 7.13. The first kappa shape index (κ1) is 16.3. The number of rotatable bonds is 6. The van der Waals surface area contributed by atoms with Crippen molar-refractivity contribution < 1.29 is 17.9 Å². The van der Waals surface area contributed by atoms with E-state index in [-0.39, 0.29) is 24.2 Å². The van der Waals surface area contributed by atoms with E-state index in [0.717, 1.165) is 12.3 Å². The van der Waals surface area contributed by atoms with Crippen LogP contribution in [0.15, 0.2) is 24.3 Å². The van der Waals surface area contributed by atoms with Crippen LogP contribution in [0, 0.1) is 17.8 Å². The van der Waals surface area contributed by atoms with Gasteiger partial charge in [-0.2, -0.15) is 0 Å². The summed E-state index contributed by atoms with van der Waals surface area (Å²) in [4.78, 5) is 12.4. The first-order valence-electron chi connectivity index (χ1n) is 8.12. The normalized spacial score (nSPS) is 26.2. The molecule has 1 aromatic rings. The Morgan fingerprint density at radius 3 is 2.78 bits per heavy atom. The first-order chi connectivity index (χ1) is 10.9. The zero-order valence-electron chi connectivity index (χ0n) is 13.3. The molecule has 1 amide bonds. The zero-order valence-corrected chi connectivity index (χ0v) is 14.1. The average molecular weight is 337 g/mol. The lowest BCUT2D eigenvalue weighted by Gasteiger charge is -2.21. The van der Waals surface area contributed by atoms with Crippen LogP contribution >= 0.6 is 0 Å². The molecule has 2 aliphatic rings. The second-order valence-electron chi connectivity index (χ2n) is 6.78. The standard InChI is InChI=1S/C17H23NO4S/c1-23(20,21)8-7-22-15-4-2-3-14(11-15)18-17(19)16-10-12-5-6-13(16)9-12/h2-4,11-13,16H,5-10H2,1H3,(H,18,19). The molecule has 2 fully saturated rings. The van der Waals surface area contributed by atoms with Gasteiger partial charge in [0.25, 0.3) is 0 Å². The molecule has 3 rings (SSSR count). The Bertz CT molecular complexity index is 686. The van der Waals surface area contributed by atoms with Crippen molar-refractivity contribution in [3.8, 4) is 5.75 Å². The highest BCUT2D eigenvalue weighted by Gasteiger charge is 2.42. The van der Waals surface area contributed by atoms with Gasteiger partial charge in [0.05, 0.1) is 5.75 Å². The van der Waals surface area contributed by atoms with Crippen LogP contribution in [0.5, 0.6) is 5.75 Å². The zero-order chi connectivity index (χ0) is 16.4. The van der Waals surface area contributed by atoms with E-state index in [2.05, 4.69) is 5.32 Å². The molecule has 3 unspecified atom stereocenters. The predicted molar refractivity (Wildman–Crippen MR) is 89.2 cm³/mol. The number of amides is 1. The predicted octanol–water partition coefficient (Wildman–Crippen LogP) is 2.48. The molecule has 1 N–H and O–H groups in total. The lowest BCUT2D eigenvalue weighted by Crippen LogP contribution is -2.27. The monoisotopic (exact) mass is 337 g/mol. The van der Waals surface area contributed by atoms with Crippen LogP contribution < -0.4 is 10.1 Å². The first-order valence-corrected chi connectivity index (χ1v) is 10.2. The summed E-state index contributed by atoms with van der Waals surface area (Å²) < 4.78 is 27.7. The van der Waals surface area contributed by atoms with E-state index in [1.807, 2.05) is 6.07 Å². The number of nitrogens with one attached hydrogen (secondary N) is 1. The number of carbonyl (C=O) groups excluding carboxylic acids is 1. The SMILES string of the molecule is CS(=O)(=O)CCOc1cccc(NC(=O)C2CC3CCC2C3)c1. The minimum Gasteiger partial charge on any atom is -0.492 e. The van der Waals surface area contributed by atoms with Gasteiger partial charge in [0.15, 0.2) is 9.84 Å². The molecular formula is C17H23NO4S. The molecular weight excluding hydrogens is 314 g/mol. The van der Waals surface area contributed by atoms with Gasteiger partial charge in [0, 0.05) is 23.9 Å². The highest BCUT2D eigenvalue weighted by atomic mass is 32.2. The van der Waals surface area contributed by atoms with Gasteiger partial charge < -0.3 is 10.1 Å². The molecule has 23 heavy (non-hydrogen) atoms. The topological polar surface area (TPSA) is 72.5 Å². The third-order valence-corrected chi connectivity index (χ3v) is 5.81. The van der Waals surface area contributed by atoms with Crippen molar-refractivity contribution in [1.29, 1.82) is 0 Å². The van der Waals surface area contributed by atoms with Gasteiger partial charge in [0.2, 0.25) is 5.91 Å². The third kappa shape index (κ3) is 4.25. The number of ether oxygens (including phenoxy) is 1. The average Bonchev–Trinajstić information content (AvgIpc) is 3.09. The molecule has 2 bridgehead atoms. The molecule has 0 heterocycles. The maximum atomic E-state index is 12.4. The fourth-order valence-corrected chi connectivity index (χ4v) is 4.16. The largest absolute Gasteiger partial charge is 0.492 e. The van der Waals surface area contributed by atoms with E-state index in [1.54, 1.807) is 18.2 Å². The lowest BCUT2D eigenvalue weighted by atomic mass is 9.88. The number of sulfone groups is 1. The van der Waals surface area contributed by atoms with Crippen LogP contribution in [0.3, 0.4) is 0 Å². The molecule has 0 aromatic heterocycles. The molecule has 1 aromatic carbocycles. The fourth-order valence-electron chi connectivity index (χ4n) is 3.78. The van der Waals surface area contributed by atoms with Crippen molar-refractivity contribution in [3.05, 3.63) is 24.3 Å². The highest BCUT2D eigenvalue weighted by Crippen LogP contribution is 2.48. The van der Waals surface area contributed by atoms with E-state index in [1.165, 1.54) is 25.5 Å². The van der Waals surface area contributed by atoms with Gasteiger partial charge in [-0.15, -0.1) is 0 Å². The molecule has 0 radical (unpaired) electrons. The van der Waals surface area contributed by atoms with Crippen LogP contribution in [0.1, 0.15) is 25.7 Å². The molecule has 6 heteroatoms. The quantitative estimate of drug-likeness (QED) is 0.865. The smallest absolute Gasteiger partial charge is 0.227 e. The Morgan fingerprint density at radius 2 is 2.13 bits per heavy atom. The second kappa shape index (κ2) is 6.51. The number of hydrogen-bond acceptors (Lipinski definition) is 4. The van der Waals surface area contributed by atoms with Gasteiger partial charge in [-0.3, -0.25) is 4.79 Å². The Morgan fingerprint density at radius 1 is 1.30 bits per heavy atom. The number of fused-ring (bicyclic) bond motifs is 2. The Kier molecular flexibility index (Phi) is 4.62. The van der Waals surface area contributed by atoms with E-state index < -0.39 is 9.84 Å². The van der Waals surface area contributed by atoms with Crippen molar-refractivity contribution in [1.82, 2.24) is 0 Å². The summed E-state index contributed by atoms with van der Waals surface area (Å²) in [7, 11) is -3.03. The molecule has 3 atom stereocenters. The molecule has 2 aliphatic carbocycles. The van der Waals surface area contributed by atoms with Crippen molar-refractivity contribution in [2.45, 2.75) is 25.7 Å². The van der Waals surface area contributed by atoms with E-state index in [0.29, 0.717) is 17.4 Å². The third-order valence-electron chi connectivity index (χ3n) is 4.90. The highest BCUT2D eigenvalue weighted by molar-refractivity contribution is 7.90. The molecule has 0 spiro atoms. The van der Waals surface area contributed by atoms with E-state index >= 15 is 0 Å².